The number of anilines is 6. The third-order valence-corrected chi connectivity index (χ3v) is 14.0. The molecule has 0 aliphatic rings. The molecule has 0 fully saturated rings. The molecule has 0 unspecified atom stereocenters. The van der Waals surface area contributed by atoms with Gasteiger partial charge in [-0.25, -0.2) is 0 Å². The minimum Gasteiger partial charge on any atom is -0.310 e. The van der Waals surface area contributed by atoms with Gasteiger partial charge in [0.1, 0.15) is 5.65 Å². The molecule has 0 bridgehead atoms. The highest BCUT2D eigenvalue weighted by atomic mass is 32.1. The monoisotopic (exact) mass is 848 g/mol. The van der Waals surface area contributed by atoms with Crippen molar-refractivity contribution in [3.8, 4) is 11.4 Å². The molecule has 5 heteroatoms. The van der Waals surface area contributed by atoms with Crippen LogP contribution in [0.4, 0.5) is 34.1 Å². The van der Waals surface area contributed by atoms with Crippen molar-refractivity contribution < 1.29 is 0 Å². The molecule has 3 aromatic heterocycles. The summed E-state index contributed by atoms with van der Waals surface area (Å²) >= 11 is 1.86. The van der Waals surface area contributed by atoms with E-state index < -0.39 is 0 Å². The minimum atomic E-state index is 1.09. The Bertz CT molecular complexity index is 3880. The third kappa shape index (κ3) is 5.97. The van der Waals surface area contributed by atoms with Gasteiger partial charge in [0, 0.05) is 71.1 Å². The first-order valence-corrected chi connectivity index (χ1v) is 22.9. The lowest BCUT2D eigenvalue weighted by atomic mass is 10.1. The molecule has 13 aromatic rings. The van der Waals surface area contributed by atoms with Crippen LogP contribution in [0.5, 0.6) is 0 Å². The fourth-order valence-corrected chi connectivity index (χ4v) is 11.3. The Morgan fingerprint density at radius 1 is 0.323 bits per heavy atom. The SMILES string of the molecule is c1ccc(N(c2ccc3c(c2)c2c4ccc(N(c5ccccc5)c5cccc6c5sc5ccccc56)cc4n(-c4ccccc4)c2n3-c2ccccc2)c2cccc3ccccc23)cc1. The molecule has 0 N–H and O–H groups in total. The maximum Gasteiger partial charge on any atom is 0.131 e. The van der Waals surface area contributed by atoms with Crippen LogP contribution in [-0.4, -0.2) is 9.13 Å². The lowest BCUT2D eigenvalue weighted by Crippen LogP contribution is -2.10. The van der Waals surface area contributed by atoms with Gasteiger partial charge in [-0.3, -0.25) is 9.13 Å². The number of aromatic nitrogens is 2. The normalized spacial score (nSPS) is 11.7. The highest BCUT2D eigenvalue weighted by Crippen LogP contribution is 2.48. The highest BCUT2D eigenvalue weighted by molar-refractivity contribution is 7.26. The number of nitrogens with zero attached hydrogens (tertiary/aromatic N) is 4. The van der Waals surface area contributed by atoms with Gasteiger partial charge in [0.15, 0.2) is 0 Å². The van der Waals surface area contributed by atoms with Crippen molar-refractivity contribution in [3.05, 3.63) is 243 Å². The average molecular weight is 849 g/mol. The van der Waals surface area contributed by atoms with E-state index in [4.69, 9.17) is 0 Å². The molecule has 0 aliphatic carbocycles. The number of rotatable bonds is 8. The molecule has 4 nitrogen and oxygen atoms in total. The highest BCUT2D eigenvalue weighted by Gasteiger charge is 2.26. The molecule has 3 heterocycles. The second-order valence-corrected chi connectivity index (χ2v) is 17.6. The molecule has 13 rings (SSSR count). The maximum absolute atomic E-state index is 2.48. The second kappa shape index (κ2) is 15.2. The van der Waals surface area contributed by atoms with E-state index >= 15 is 0 Å². The maximum atomic E-state index is 2.48. The number of hydrogen-bond donors (Lipinski definition) is 0. The number of para-hydroxylation sites is 4. The van der Waals surface area contributed by atoms with Crippen LogP contribution in [0.25, 0.3) is 75.2 Å². The predicted molar refractivity (Wildman–Crippen MR) is 277 cm³/mol. The van der Waals surface area contributed by atoms with E-state index in [2.05, 4.69) is 262 Å². The molecule has 10 aromatic carbocycles. The average Bonchev–Trinajstić information content (AvgIpc) is 4.03. The molecule has 0 aliphatic heterocycles. The summed E-state index contributed by atoms with van der Waals surface area (Å²) in [5.41, 5.74) is 12.3. The van der Waals surface area contributed by atoms with E-state index in [1.807, 2.05) is 11.3 Å². The zero-order valence-corrected chi connectivity index (χ0v) is 36.1. The number of fused-ring (bicyclic) bond motifs is 9. The largest absolute Gasteiger partial charge is 0.310 e. The summed E-state index contributed by atoms with van der Waals surface area (Å²) < 4.78 is 7.49. The summed E-state index contributed by atoms with van der Waals surface area (Å²) in [4.78, 5) is 4.85. The van der Waals surface area contributed by atoms with E-state index in [0.717, 1.165) is 62.2 Å². The zero-order valence-electron chi connectivity index (χ0n) is 35.3. The van der Waals surface area contributed by atoms with Crippen molar-refractivity contribution >= 4 is 109 Å². The van der Waals surface area contributed by atoms with Crippen LogP contribution < -0.4 is 9.80 Å². The van der Waals surface area contributed by atoms with Gasteiger partial charge >= 0.3 is 0 Å². The van der Waals surface area contributed by atoms with Gasteiger partial charge in [-0.1, -0.05) is 146 Å². The van der Waals surface area contributed by atoms with Gasteiger partial charge in [-0.2, -0.15) is 0 Å². The standard InChI is InChI=1S/C60H40N4S/c1-5-21-42(22-6-1)61(53-32-17-20-41-19-13-14-29-48(41)53)46-36-38-54-52(39-46)58-51-37-35-47(40-56(51)64(45-27-11-4-12-28-45)60(58)63(54)44-25-9-3-10-26-44)62(43-23-7-2-8-24-43)55-33-18-31-50-49-30-15-16-34-57(49)65-59(50)55/h1-40H. The summed E-state index contributed by atoms with van der Waals surface area (Å²) in [6.45, 7) is 0. The Kier molecular flexibility index (Phi) is 8.68. The Balaban J connectivity index is 1.12. The van der Waals surface area contributed by atoms with Crippen LogP contribution in [0.3, 0.4) is 0 Å². The van der Waals surface area contributed by atoms with Crippen molar-refractivity contribution in [1.29, 1.82) is 0 Å². The van der Waals surface area contributed by atoms with Crippen molar-refractivity contribution in [2.24, 2.45) is 0 Å². The molecular formula is C60H40N4S. The van der Waals surface area contributed by atoms with Crippen LogP contribution in [-0.2, 0) is 0 Å². The Labute approximate surface area is 380 Å². The molecule has 0 saturated heterocycles. The van der Waals surface area contributed by atoms with E-state index in [1.165, 1.54) is 47.1 Å². The van der Waals surface area contributed by atoms with Crippen molar-refractivity contribution in [2.45, 2.75) is 0 Å². The summed E-state index contributed by atoms with van der Waals surface area (Å²) in [7, 11) is 0. The lowest BCUT2D eigenvalue weighted by Gasteiger charge is -2.27. The molecule has 65 heavy (non-hydrogen) atoms. The van der Waals surface area contributed by atoms with E-state index in [9.17, 15) is 0 Å². The summed E-state index contributed by atoms with van der Waals surface area (Å²) in [5, 5.41) is 8.56. The van der Waals surface area contributed by atoms with Gasteiger partial charge in [-0.05, 0) is 102 Å². The second-order valence-electron chi connectivity index (χ2n) is 16.5. The Morgan fingerprint density at radius 3 is 1.57 bits per heavy atom. The van der Waals surface area contributed by atoms with Crippen molar-refractivity contribution in [1.82, 2.24) is 9.13 Å². The topological polar surface area (TPSA) is 16.3 Å². The molecule has 0 saturated carbocycles. The Hall–Kier alpha value is -8.38. The number of benzene rings is 10. The first-order chi connectivity index (χ1) is 32.3. The molecule has 306 valence electrons. The molecular weight excluding hydrogens is 809 g/mol. The molecule has 0 radical (unpaired) electrons. The Morgan fingerprint density at radius 2 is 0.846 bits per heavy atom. The van der Waals surface area contributed by atoms with Crippen LogP contribution in [0, 0.1) is 0 Å². The van der Waals surface area contributed by atoms with Crippen molar-refractivity contribution in [2.75, 3.05) is 9.80 Å². The molecule has 0 atom stereocenters. The van der Waals surface area contributed by atoms with E-state index in [1.54, 1.807) is 0 Å². The lowest BCUT2D eigenvalue weighted by molar-refractivity contribution is 1.07. The third-order valence-electron chi connectivity index (χ3n) is 12.8. The molecule has 0 amide bonds. The number of thiophene rings is 1. The summed E-state index contributed by atoms with van der Waals surface area (Å²) in [5.74, 6) is 0. The van der Waals surface area contributed by atoms with Crippen LogP contribution >= 0.6 is 11.3 Å². The fourth-order valence-electron chi connectivity index (χ4n) is 10.0. The van der Waals surface area contributed by atoms with Gasteiger partial charge in [0.05, 0.1) is 27.1 Å². The van der Waals surface area contributed by atoms with E-state index in [0.29, 0.717) is 0 Å². The van der Waals surface area contributed by atoms with Crippen LogP contribution in [0.1, 0.15) is 0 Å². The fraction of sp³-hybridized carbons (Fsp3) is 0. The number of hydrogen-bond acceptors (Lipinski definition) is 3. The zero-order chi connectivity index (χ0) is 42.8. The smallest absolute Gasteiger partial charge is 0.131 e. The van der Waals surface area contributed by atoms with Gasteiger partial charge in [-0.15, -0.1) is 11.3 Å². The first-order valence-electron chi connectivity index (χ1n) is 22.1. The van der Waals surface area contributed by atoms with Gasteiger partial charge in [0.25, 0.3) is 0 Å². The quantitative estimate of drug-likeness (QED) is 0.151. The van der Waals surface area contributed by atoms with Crippen LogP contribution in [0.15, 0.2) is 243 Å². The summed E-state index contributed by atoms with van der Waals surface area (Å²) in [6.07, 6.45) is 0. The first kappa shape index (κ1) is 37.2. The van der Waals surface area contributed by atoms with Crippen molar-refractivity contribution in [3.63, 3.8) is 0 Å². The minimum absolute atomic E-state index is 1.09. The predicted octanol–water partition coefficient (Wildman–Crippen LogP) is 17.2. The van der Waals surface area contributed by atoms with Gasteiger partial charge < -0.3 is 9.80 Å². The van der Waals surface area contributed by atoms with E-state index in [-0.39, 0.29) is 0 Å². The van der Waals surface area contributed by atoms with Crippen LogP contribution in [0.2, 0.25) is 0 Å². The molecule has 0 spiro atoms. The van der Waals surface area contributed by atoms with Gasteiger partial charge in [0.2, 0.25) is 0 Å². The summed E-state index contributed by atoms with van der Waals surface area (Å²) in [6, 6.07) is 88.1.